The van der Waals surface area contributed by atoms with Gasteiger partial charge in [0, 0.05) is 41.3 Å². The summed E-state index contributed by atoms with van der Waals surface area (Å²) in [5.74, 6) is -0.223. The van der Waals surface area contributed by atoms with Crippen molar-refractivity contribution in [2.45, 2.75) is 45.3 Å². The van der Waals surface area contributed by atoms with Gasteiger partial charge in [-0.1, -0.05) is 17.7 Å². The van der Waals surface area contributed by atoms with Crippen LogP contribution in [0, 0.1) is 5.82 Å². The van der Waals surface area contributed by atoms with Crippen LogP contribution in [-0.4, -0.2) is 29.1 Å². The average Bonchev–Trinajstić information content (AvgIpc) is 2.29. The molecule has 19 heavy (non-hydrogen) atoms. The molecule has 0 unspecified atom stereocenters. The van der Waals surface area contributed by atoms with E-state index in [0.717, 1.165) is 13.1 Å². The normalized spacial score (nSPS) is 22.4. The van der Waals surface area contributed by atoms with E-state index in [4.69, 9.17) is 11.6 Å². The van der Waals surface area contributed by atoms with Crippen molar-refractivity contribution in [3.63, 3.8) is 0 Å². The van der Waals surface area contributed by atoms with Gasteiger partial charge < -0.3 is 5.32 Å². The lowest BCUT2D eigenvalue weighted by Gasteiger charge is -2.49. The molecule has 0 aliphatic carbocycles. The molecule has 106 valence electrons. The van der Waals surface area contributed by atoms with Crippen molar-refractivity contribution >= 4 is 11.6 Å². The minimum Gasteiger partial charge on any atom is -0.309 e. The number of piperazine rings is 1. The quantitative estimate of drug-likeness (QED) is 0.895. The molecule has 0 aromatic heterocycles. The van der Waals surface area contributed by atoms with Gasteiger partial charge in [0.1, 0.15) is 5.82 Å². The minimum atomic E-state index is -0.223. The molecule has 1 saturated heterocycles. The molecular weight excluding hydrogens is 263 g/mol. The van der Waals surface area contributed by atoms with E-state index in [1.54, 1.807) is 12.1 Å². The highest BCUT2D eigenvalue weighted by Crippen LogP contribution is 2.28. The van der Waals surface area contributed by atoms with Crippen LogP contribution in [0.25, 0.3) is 0 Å². The number of nitrogens with one attached hydrogen (secondary N) is 1. The Bertz CT molecular complexity index is 451. The molecule has 1 aliphatic rings. The van der Waals surface area contributed by atoms with Gasteiger partial charge in [-0.2, -0.15) is 0 Å². The molecule has 0 radical (unpaired) electrons. The number of benzene rings is 1. The SMILES string of the molecule is CC1(C)CN(Cc2c(F)cccc2Cl)C(C)(C)CN1. The summed E-state index contributed by atoms with van der Waals surface area (Å²) in [7, 11) is 0. The van der Waals surface area contributed by atoms with Crippen molar-refractivity contribution in [3.8, 4) is 0 Å². The monoisotopic (exact) mass is 284 g/mol. The summed E-state index contributed by atoms with van der Waals surface area (Å²) >= 11 is 6.13. The van der Waals surface area contributed by atoms with E-state index >= 15 is 0 Å². The fraction of sp³-hybridized carbons (Fsp3) is 0.600. The molecular formula is C15H22ClFN2. The van der Waals surface area contributed by atoms with E-state index in [1.807, 2.05) is 0 Å². The Balaban J connectivity index is 2.25. The Kier molecular flexibility index (Phi) is 3.92. The molecule has 2 rings (SSSR count). The van der Waals surface area contributed by atoms with Crippen LogP contribution in [0.4, 0.5) is 4.39 Å². The first kappa shape index (κ1) is 14.8. The van der Waals surface area contributed by atoms with Crippen LogP contribution >= 0.6 is 11.6 Å². The van der Waals surface area contributed by atoms with Crippen LogP contribution in [-0.2, 0) is 6.54 Å². The third kappa shape index (κ3) is 3.28. The molecule has 0 bridgehead atoms. The smallest absolute Gasteiger partial charge is 0.129 e. The zero-order valence-corrected chi connectivity index (χ0v) is 12.8. The molecule has 0 amide bonds. The number of halogens is 2. The maximum atomic E-state index is 13.9. The molecule has 1 aromatic rings. The fourth-order valence-corrected chi connectivity index (χ4v) is 2.68. The standard InChI is InChI=1S/C15H22ClFN2/c1-14(2)10-19(15(3,4)9-18-14)8-11-12(16)6-5-7-13(11)17/h5-7,18H,8-10H2,1-4H3. The van der Waals surface area contributed by atoms with Gasteiger partial charge in [0.25, 0.3) is 0 Å². The van der Waals surface area contributed by atoms with Gasteiger partial charge in [0.15, 0.2) is 0 Å². The lowest BCUT2D eigenvalue weighted by atomic mass is 9.91. The van der Waals surface area contributed by atoms with Gasteiger partial charge in [-0.3, -0.25) is 4.90 Å². The summed E-state index contributed by atoms with van der Waals surface area (Å²) in [5, 5.41) is 4.03. The Labute approximate surface area is 119 Å². The first-order valence-corrected chi connectivity index (χ1v) is 7.02. The van der Waals surface area contributed by atoms with E-state index in [1.165, 1.54) is 6.07 Å². The summed E-state index contributed by atoms with van der Waals surface area (Å²) in [6.45, 7) is 11.0. The maximum absolute atomic E-state index is 13.9. The Hall–Kier alpha value is -0.640. The third-order valence-electron chi connectivity index (χ3n) is 3.85. The number of nitrogens with zero attached hydrogens (tertiary/aromatic N) is 1. The molecule has 2 nitrogen and oxygen atoms in total. The number of hydrogen-bond donors (Lipinski definition) is 1. The second-order valence-electron chi connectivity index (χ2n) is 6.61. The fourth-order valence-electron chi connectivity index (χ4n) is 2.46. The highest BCUT2D eigenvalue weighted by molar-refractivity contribution is 6.31. The van der Waals surface area contributed by atoms with E-state index in [9.17, 15) is 4.39 Å². The molecule has 1 heterocycles. The van der Waals surface area contributed by atoms with Crippen LogP contribution in [0.2, 0.25) is 5.02 Å². The molecule has 4 heteroatoms. The first-order valence-electron chi connectivity index (χ1n) is 6.64. The second-order valence-corrected chi connectivity index (χ2v) is 7.01. The first-order chi connectivity index (χ1) is 8.71. The van der Waals surface area contributed by atoms with Gasteiger partial charge in [-0.25, -0.2) is 4.39 Å². The summed E-state index contributed by atoms with van der Waals surface area (Å²) in [6, 6.07) is 4.87. The number of rotatable bonds is 2. The van der Waals surface area contributed by atoms with Gasteiger partial charge in [-0.05, 0) is 39.8 Å². The predicted molar refractivity (Wildman–Crippen MR) is 78.0 cm³/mol. The predicted octanol–water partition coefficient (Wildman–Crippen LogP) is 3.44. The van der Waals surface area contributed by atoms with Crippen LogP contribution in [0.1, 0.15) is 33.3 Å². The van der Waals surface area contributed by atoms with Gasteiger partial charge in [0.05, 0.1) is 0 Å². The molecule has 1 aliphatic heterocycles. The van der Waals surface area contributed by atoms with Crippen molar-refractivity contribution in [1.82, 2.24) is 10.2 Å². The lowest BCUT2D eigenvalue weighted by Crippen LogP contribution is -2.65. The van der Waals surface area contributed by atoms with Gasteiger partial charge >= 0.3 is 0 Å². The van der Waals surface area contributed by atoms with Gasteiger partial charge in [-0.15, -0.1) is 0 Å². The summed E-state index contributed by atoms with van der Waals surface area (Å²) < 4.78 is 13.9. The van der Waals surface area contributed by atoms with E-state index in [0.29, 0.717) is 17.1 Å². The minimum absolute atomic E-state index is 0.0128. The molecule has 1 fully saturated rings. The van der Waals surface area contributed by atoms with Crippen LogP contribution in [0.3, 0.4) is 0 Å². The number of hydrogen-bond acceptors (Lipinski definition) is 2. The van der Waals surface area contributed by atoms with Crippen LogP contribution < -0.4 is 5.32 Å². The maximum Gasteiger partial charge on any atom is 0.129 e. The highest BCUT2D eigenvalue weighted by Gasteiger charge is 2.37. The Morgan fingerprint density at radius 2 is 2.00 bits per heavy atom. The van der Waals surface area contributed by atoms with E-state index in [-0.39, 0.29) is 16.9 Å². The van der Waals surface area contributed by atoms with Crippen molar-refractivity contribution in [2.24, 2.45) is 0 Å². The zero-order valence-electron chi connectivity index (χ0n) is 12.1. The van der Waals surface area contributed by atoms with E-state index in [2.05, 4.69) is 37.9 Å². The van der Waals surface area contributed by atoms with Crippen molar-refractivity contribution in [1.29, 1.82) is 0 Å². The summed E-state index contributed by atoms with van der Waals surface area (Å²) in [6.07, 6.45) is 0. The molecule has 1 aromatic carbocycles. The Morgan fingerprint density at radius 1 is 1.32 bits per heavy atom. The molecule has 1 N–H and O–H groups in total. The van der Waals surface area contributed by atoms with Crippen LogP contribution in [0.5, 0.6) is 0 Å². The molecule has 0 saturated carbocycles. The largest absolute Gasteiger partial charge is 0.309 e. The van der Waals surface area contributed by atoms with Crippen molar-refractivity contribution in [3.05, 3.63) is 34.6 Å². The third-order valence-corrected chi connectivity index (χ3v) is 4.21. The zero-order chi connectivity index (χ0) is 14.3. The van der Waals surface area contributed by atoms with E-state index < -0.39 is 0 Å². The van der Waals surface area contributed by atoms with Gasteiger partial charge in [0.2, 0.25) is 0 Å². The average molecular weight is 285 g/mol. The second kappa shape index (κ2) is 5.04. The van der Waals surface area contributed by atoms with Crippen molar-refractivity contribution in [2.75, 3.05) is 13.1 Å². The molecule has 0 atom stereocenters. The van der Waals surface area contributed by atoms with Crippen molar-refractivity contribution < 1.29 is 4.39 Å². The molecule has 0 spiro atoms. The Morgan fingerprint density at radius 3 is 2.63 bits per heavy atom. The van der Waals surface area contributed by atoms with Crippen LogP contribution in [0.15, 0.2) is 18.2 Å². The lowest BCUT2D eigenvalue weighted by molar-refractivity contribution is 0.0316. The summed E-state index contributed by atoms with van der Waals surface area (Å²) in [4.78, 5) is 2.30. The highest BCUT2D eigenvalue weighted by atomic mass is 35.5. The topological polar surface area (TPSA) is 15.3 Å². The summed E-state index contributed by atoms with van der Waals surface area (Å²) in [5.41, 5.74) is 0.615.